The number of nitrogens with one attached hydrogen (secondary N) is 1. The topological polar surface area (TPSA) is 39.1 Å². The second kappa shape index (κ2) is 8.49. The first kappa shape index (κ1) is 16.4. The molecule has 0 aromatic carbocycles. The zero-order valence-corrected chi connectivity index (χ0v) is 12.2. The number of nitriles is 1. The van der Waals surface area contributed by atoms with Crippen molar-refractivity contribution in [2.75, 3.05) is 27.2 Å². The van der Waals surface area contributed by atoms with Crippen LogP contribution >= 0.6 is 0 Å². The summed E-state index contributed by atoms with van der Waals surface area (Å²) in [5.41, 5.74) is 0.149. The summed E-state index contributed by atoms with van der Waals surface area (Å²) in [4.78, 5) is 2.07. The van der Waals surface area contributed by atoms with Gasteiger partial charge in [-0.15, -0.1) is 0 Å². The van der Waals surface area contributed by atoms with Gasteiger partial charge >= 0.3 is 0 Å². The van der Waals surface area contributed by atoms with Gasteiger partial charge in [-0.25, -0.2) is 0 Å². The third-order valence-electron chi connectivity index (χ3n) is 3.00. The van der Waals surface area contributed by atoms with Crippen LogP contribution in [0.4, 0.5) is 0 Å². The Kier molecular flexibility index (Phi) is 8.20. The molecule has 0 bridgehead atoms. The highest BCUT2D eigenvalue weighted by Crippen LogP contribution is 2.14. The van der Waals surface area contributed by atoms with Gasteiger partial charge in [0.2, 0.25) is 0 Å². The Bertz CT molecular complexity index is 228. The highest BCUT2D eigenvalue weighted by molar-refractivity contribution is 4.89. The molecule has 3 heteroatoms. The zero-order chi connectivity index (χ0) is 13.3. The lowest BCUT2D eigenvalue weighted by atomic mass is 9.96. The lowest BCUT2D eigenvalue weighted by molar-refractivity contribution is 0.302. The molecule has 3 nitrogen and oxygen atoms in total. The van der Waals surface area contributed by atoms with Gasteiger partial charge in [0.15, 0.2) is 0 Å². The summed E-state index contributed by atoms with van der Waals surface area (Å²) in [5, 5.41) is 12.6. The van der Waals surface area contributed by atoms with E-state index >= 15 is 0 Å². The van der Waals surface area contributed by atoms with Crippen molar-refractivity contribution in [3.63, 3.8) is 0 Å². The Balaban J connectivity index is 3.93. The average Bonchev–Trinajstić information content (AvgIpc) is 2.24. The van der Waals surface area contributed by atoms with Gasteiger partial charge in [0.05, 0.1) is 12.0 Å². The van der Waals surface area contributed by atoms with E-state index in [0.717, 1.165) is 13.1 Å². The summed E-state index contributed by atoms with van der Waals surface area (Å²) in [6.07, 6.45) is 5.00. The van der Waals surface area contributed by atoms with Gasteiger partial charge in [-0.3, -0.25) is 0 Å². The van der Waals surface area contributed by atoms with Crippen molar-refractivity contribution in [1.29, 1.82) is 5.26 Å². The molecule has 100 valence electrons. The van der Waals surface area contributed by atoms with Gasteiger partial charge < -0.3 is 10.2 Å². The lowest BCUT2D eigenvalue weighted by Gasteiger charge is -2.28. The molecule has 1 unspecified atom stereocenters. The van der Waals surface area contributed by atoms with Crippen LogP contribution in [0.3, 0.4) is 0 Å². The van der Waals surface area contributed by atoms with E-state index in [4.69, 9.17) is 5.26 Å². The summed E-state index contributed by atoms with van der Waals surface area (Å²) < 4.78 is 0. The van der Waals surface area contributed by atoms with Crippen LogP contribution in [0.5, 0.6) is 0 Å². The Morgan fingerprint density at radius 1 is 1.29 bits per heavy atom. The molecule has 1 atom stereocenters. The highest BCUT2D eigenvalue weighted by atomic mass is 15.1. The molecule has 0 heterocycles. The molecule has 0 aliphatic heterocycles. The Labute approximate surface area is 107 Å². The second-order valence-electron chi connectivity index (χ2n) is 5.81. The SMILES string of the molecule is CCCCCC(C)(C)NCC(C#N)CN(C)C. The number of hydrogen-bond acceptors (Lipinski definition) is 3. The van der Waals surface area contributed by atoms with E-state index in [0.29, 0.717) is 0 Å². The molecule has 0 saturated heterocycles. The summed E-state index contributed by atoms with van der Waals surface area (Å²) in [5.74, 6) is 0.0791. The van der Waals surface area contributed by atoms with Gasteiger partial charge in [-0.1, -0.05) is 26.2 Å². The first-order chi connectivity index (χ1) is 7.91. The first-order valence-corrected chi connectivity index (χ1v) is 6.70. The second-order valence-corrected chi connectivity index (χ2v) is 5.81. The standard InChI is InChI=1S/C14H29N3/c1-6-7-8-9-14(2,3)16-11-13(10-15)12-17(4)5/h13,16H,6-9,11-12H2,1-5H3. The van der Waals surface area contributed by atoms with Crippen molar-refractivity contribution in [3.8, 4) is 6.07 Å². The summed E-state index contributed by atoms with van der Waals surface area (Å²) in [7, 11) is 4.02. The minimum atomic E-state index is 0.0791. The van der Waals surface area contributed by atoms with Crippen molar-refractivity contribution >= 4 is 0 Å². The first-order valence-electron chi connectivity index (χ1n) is 6.70. The van der Waals surface area contributed by atoms with E-state index < -0.39 is 0 Å². The fraction of sp³-hybridized carbons (Fsp3) is 0.929. The molecule has 0 aliphatic carbocycles. The van der Waals surface area contributed by atoms with Crippen LogP contribution in [0.2, 0.25) is 0 Å². The average molecular weight is 239 g/mol. The predicted molar refractivity (Wildman–Crippen MR) is 73.9 cm³/mol. The molecule has 0 fully saturated rings. The van der Waals surface area contributed by atoms with E-state index in [1.165, 1.54) is 25.7 Å². The molecular formula is C14H29N3. The molecular weight excluding hydrogens is 210 g/mol. The van der Waals surface area contributed by atoms with Gasteiger partial charge in [0.1, 0.15) is 0 Å². The third-order valence-corrected chi connectivity index (χ3v) is 3.00. The molecule has 1 N–H and O–H groups in total. The van der Waals surface area contributed by atoms with Crippen LogP contribution in [0.25, 0.3) is 0 Å². The highest BCUT2D eigenvalue weighted by Gasteiger charge is 2.18. The largest absolute Gasteiger partial charge is 0.310 e. The normalized spacial score (nSPS) is 13.7. The fourth-order valence-electron chi connectivity index (χ4n) is 1.90. The van der Waals surface area contributed by atoms with Gasteiger partial charge in [-0.05, 0) is 34.4 Å². The molecule has 0 rings (SSSR count). The van der Waals surface area contributed by atoms with Crippen molar-refractivity contribution in [2.45, 2.75) is 52.0 Å². The predicted octanol–water partition coefficient (Wildman–Crippen LogP) is 2.64. The Morgan fingerprint density at radius 3 is 2.41 bits per heavy atom. The summed E-state index contributed by atoms with van der Waals surface area (Å²) >= 11 is 0. The minimum absolute atomic E-state index is 0.0791. The molecule has 0 amide bonds. The monoisotopic (exact) mass is 239 g/mol. The van der Waals surface area contributed by atoms with Crippen LogP contribution in [-0.2, 0) is 0 Å². The van der Waals surface area contributed by atoms with Gasteiger partial charge in [-0.2, -0.15) is 5.26 Å². The van der Waals surface area contributed by atoms with E-state index in [2.05, 4.69) is 37.1 Å². The molecule has 0 radical (unpaired) electrons. The molecule has 0 aromatic rings. The maximum absolute atomic E-state index is 9.07. The Morgan fingerprint density at radius 2 is 1.94 bits per heavy atom. The quantitative estimate of drug-likeness (QED) is 0.629. The molecule has 0 saturated carbocycles. The number of hydrogen-bond donors (Lipinski definition) is 1. The molecule has 17 heavy (non-hydrogen) atoms. The smallest absolute Gasteiger partial charge is 0.0714 e. The minimum Gasteiger partial charge on any atom is -0.310 e. The van der Waals surface area contributed by atoms with E-state index in [1.807, 2.05) is 14.1 Å². The number of nitrogens with zero attached hydrogens (tertiary/aromatic N) is 2. The van der Waals surface area contributed by atoms with E-state index in [9.17, 15) is 0 Å². The number of rotatable bonds is 9. The Hall–Kier alpha value is -0.590. The third kappa shape index (κ3) is 9.14. The molecule has 0 aliphatic rings. The van der Waals surface area contributed by atoms with Gasteiger partial charge in [0, 0.05) is 18.6 Å². The molecule has 0 spiro atoms. The van der Waals surface area contributed by atoms with Gasteiger partial charge in [0.25, 0.3) is 0 Å². The van der Waals surface area contributed by atoms with Crippen LogP contribution in [0.1, 0.15) is 46.5 Å². The maximum atomic E-state index is 9.07. The van der Waals surface area contributed by atoms with Crippen LogP contribution in [0.15, 0.2) is 0 Å². The fourth-order valence-corrected chi connectivity index (χ4v) is 1.90. The zero-order valence-electron chi connectivity index (χ0n) is 12.2. The van der Waals surface area contributed by atoms with Crippen LogP contribution in [-0.4, -0.2) is 37.6 Å². The van der Waals surface area contributed by atoms with Crippen molar-refractivity contribution in [1.82, 2.24) is 10.2 Å². The lowest BCUT2D eigenvalue weighted by Crippen LogP contribution is -2.43. The summed E-state index contributed by atoms with van der Waals surface area (Å²) in [6, 6.07) is 2.37. The van der Waals surface area contributed by atoms with Crippen molar-refractivity contribution in [3.05, 3.63) is 0 Å². The van der Waals surface area contributed by atoms with Crippen molar-refractivity contribution < 1.29 is 0 Å². The van der Waals surface area contributed by atoms with E-state index in [-0.39, 0.29) is 11.5 Å². The maximum Gasteiger partial charge on any atom is 0.0714 e. The van der Waals surface area contributed by atoms with Crippen LogP contribution in [0, 0.1) is 17.2 Å². The van der Waals surface area contributed by atoms with E-state index in [1.54, 1.807) is 0 Å². The molecule has 0 aromatic heterocycles. The summed E-state index contributed by atoms with van der Waals surface area (Å²) in [6.45, 7) is 8.30. The van der Waals surface area contributed by atoms with Crippen molar-refractivity contribution in [2.24, 2.45) is 5.92 Å². The number of unbranched alkanes of at least 4 members (excludes halogenated alkanes) is 2. The van der Waals surface area contributed by atoms with Crippen LogP contribution < -0.4 is 5.32 Å².